The lowest BCUT2D eigenvalue weighted by atomic mass is 9.90. The summed E-state index contributed by atoms with van der Waals surface area (Å²) >= 11 is 0. The van der Waals surface area contributed by atoms with Crippen LogP contribution in [0.4, 0.5) is 0 Å². The van der Waals surface area contributed by atoms with E-state index in [9.17, 15) is 0 Å². The summed E-state index contributed by atoms with van der Waals surface area (Å²) in [4.78, 5) is 2.50. The molecule has 118 valence electrons. The van der Waals surface area contributed by atoms with Crippen molar-refractivity contribution >= 4 is 0 Å². The Bertz CT molecular complexity index is 425. The minimum absolute atomic E-state index is 0.231. The lowest BCUT2D eigenvalue weighted by Gasteiger charge is -2.34. The van der Waals surface area contributed by atoms with Crippen molar-refractivity contribution in [2.24, 2.45) is 0 Å². The highest BCUT2D eigenvalue weighted by molar-refractivity contribution is 5.28. The zero-order valence-electron chi connectivity index (χ0n) is 13.9. The second kappa shape index (κ2) is 7.81. The molecule has 0 aromatic heterocycles. The van der Waals surface area contributed by atoms with Crippen molar-refractivity contribution in [2.75, 3.05) is 14.1 Å². The van der Waals surface area contributed by atoms with Crippen LogP contribution < -0.4 is 10.1 Å². The summed E-state index contributed by atoms with van der Waals surface area (Å²) in [6.07, 6.45) is 5.41. The summed E-state index contributed by atoms with van der Waals surface area (Å²) in [5.74, 6) is 0.981. The van der Waals surface area contributed by atoms with Gasteiger partial charge in [0.25, 0.3) is 0 Å². The summed E-state index contributed by atoms with van der Waals surface area (Å²) in [7, 11) is 4.33. The molecule has 0 spiro atoms. The summed E-state index contributed by atoms with van der Waals surface area (Å²) < 4.78 is 5.78. The second-order valence-electron chi connectivity index (χ2n) is 6.52. The highest BCUT2D eigenvalue weighted by atomic mass is 16.5. The smallest absolute Gasteiger partial charge is 0.120 e. The highest BCUT2D eigenvalue weighted by Gasteiger charge is 2.23. The first-order valence-corrected chi connectivity index (χ1v) is 8.21. The van der Waals surface area contributed by atoms with E-state index >= 15 is 0 Å². The number of nitrogens with one attached hydrogen (secondary N) is 1. The van der Waals surface area contributed by atoms with E-state index in [0.717, 1.165) is 18.3 Å². The number of hydrogen-bond acceptors (Lipinski definition) is 3. The normalized spacial score (nSPS) is 22.8. The van der Waals surface area contributed by atoms with Crippen molar-refractivity contribution in [1.29, 1.82) is 0 Å². The Morgan fingerprint density at radius 1 is 1.24 bits per heavy atom. The van der Waals surface area contributed by atoms with Crippen LogP contribution >= 0.6 is 0 Å². The molecule has 21 heavy (non-hydrogen) atoms. The molecule has 1 aliphatic rings. The zero-order chi connectivity index (χ0) is 15.2. The van der Waals surface area contributed by atoms with Crippen molar-refractivity contribution in [3.63, 3.8) is 0 Å². The van der Waals surface area contributed by atoms with E-state index in [2.05, 4.69) is 56.4 Å². The van der Waals surface area contributed by atoms with Crippen LogP contribution in [0.3, 0.4) is 0 Å². The molecule has 0 saturated heterocycles. The molecule has 0 bridgehead atoms. The van der Waals surface area contributed by atoms with Crippen molar-refractivity contribution in [3.8, 4) is 5.75 Å². The number of hydrogen-bond donors (Lipinski definition) is 1. The van der Waals surface area contributed by atoms with Crippen LogP contribution in [-0.2, 0) is 6.54 Å². The Morgan fingerprint density at radius 2 is 1.95 bits per heavy atom. The van der Waals surface area contributed by atoms with Gasteiger partial charge in [0, 0.05) is 18.6 Å². The Labute approximate surface area is 129 Å². The van der Waals surface area contributed by atoms with E-state index < -0.39 is 0 Å². The average Bonchev–Trinajstić information content (AvgIpc) is 2.47. The van der Waals surface area contributed by atoms with Gasteiger partial charge in [-0.1, -0.05) is 12.1 Å². The van der Waals surface area contributed by atoms with Crippen molar-refractivity contribution in [3.05, 3.63) is 29.8 Å². The summed E-state index contributed by atoms with van der Waals surface area (Å²) in [5, 5.41) is 3.40. The predicted octanol–water partition coefficient (Wildman–Crippen LogP) is 3.44. The molecule has 0 radical (unpaired) electrons. The van der Waals surface area contributed by atoms with Gasteiger partial charge in [0.05, 0.1) is 6.10 Å². The topological polar surface area (TPSA) is 24.5 Å². The fourth-order valence-electron chi connectivity index (χ4n) is 3.21. The molecule has 1 N–H and O–H groups in total. The SMILES string of the molecule is CNC1CCC(N(C)Cc2cccc(OC(C)C)c2)CC1. The predicted molar refractivity (Wildman–Crippen MR) is 88.8 cm³/mol. The van der Waals surface area contributed by atoms with Gasteiger partial charge in [-0.25, -0.2) is 0 Å². The quantitative estimate of drug-likeness (QED) is 0.868. The van der Waals surface area contributed by atoms with Crippen LogP contribution in [0.5, 0.6) is 5.75 Å². The van der Waals surface area contributed by atoms with Gasteiger partial charge < -0.3 is 10.1 Å². The van der Waals surface area contributed by atoms with Crippen LogP contribution in [0.1, 0.15) is 45.1 Å². The molecule has 1 aromatic carbocycles. The monoisotopic (exact) mass is 290 g/mol. The first-order chi connectivity index (χ1) is 10.1. The Balaban J connectivity index is 1.89. The van der Waals surface area contributed by atoms with Gasteiger partial charge in [0.15, 0.2) is 0 Å². The molecule has 1 aromatic rings. The van der Waals surface area contributed by atoms with Crippen LogP contribution in [0.2, 0.25) is 0 Å². The van der Waals surface area contributed by atoms with Gasteiger partial charge in [-0.2, -0.15) is 0 Å². The zero-order valence-corrected chi connectivity index (χ0v) is 13.9. The average molecular weight is 290 g/mol. The number of nitrogens with zero attached hydrogens (tertiary/aromatic N) is 1. The van der Waals surface area contributed by atoms with Gasteiger partial charge in [-0.05, 0) is 71.3 Å². The molecule has 0 unspecified atom stereocenters. The summed E-state index contributed by atoms with van der Waals surface area (Å²) in [6, 6.07) is 9.95. The number of benzene rings is 1. The lowest BCUT2D eigenvalue weighted by Crippen LogP contribution is -2.39. The molecular weight excluding hydrogens is 260 g/mol. The van der Waals surface area contributed by atoms with E-state index in [4.69, 9.17) is 4.74 Å². The largest absolute Gasteiger partial charge is 0.491 e. The third kappa shape index (κ3) is 5.01. The highest BCUT2D eigenvalue weighted by Crippen LogP contribution is 2.24. The Kier molecular flexibility index (Phi) is 6.07. The first-order valence-electron chi connectivity index (χ1n) is 8.21. The maximum Gasteiger partial charge on any atom is 0.120 e. The Hall–Kier alpha value is -1.06. The molecule has 1 saturated carbocycles. The van der Waals surface area contributed by atoms with Crippen LogP contribution in [0, 0.1) is 0 Å². The third-order valence-corrected chi connectivity index (χ3v) is 4.43. The molecule has 0 amide bonds. The molecule has 1 fully saturated rings. The third-order valence-electron chi connectivity index (χ3n) is 4.43. The Morgan fingerprint density at radius 3 is 2.57 bits per heavy atom. The number of ether oxygens (including phenoxy) is 1. The number of rotatable bonds is 6. The fraction of sp³-hybridized carbons (Fsp3) is 0.667. The van der Waals surface area contributed by atoms with E-state index in [1.54, 1.807) is 0 Å². The second-order valence-corrected chi connectivity index (χ2v) is 6.52. The minimum atomic E-state index is 0.231. The van der Waals surface area contributed by atoms with Gasteiger partial charge in [-0.3, -0.25) is 4.90 Å². The first kappa shape index (κ1) is 16.3. The summed E-state index contributed by atoms with van der Waals surface area (Å²) in [5.41, 5.74) is 1.34. The fourth-order valence-corrected chi connectivity index (χ4v) is 3.21. The molecule has 2 rings (SSSR count). The lowest BCUT2D eigenvalue weighted by molar-refractivity contribution is 0.169. The minimum Gasteiger partial charge on any atom is -0.491 e. The van der Waals surface area contributed by atoms with Gasteiger partial charge in [-0.15, -0.1) is 0 Å². The molecule has 0 aliphatic heterocycles. The van der Waals surface area contributed by atoms with Crippen molar-refractivity contribution in [2.45, 2.75) is 64.3 Å². The van der Waals surface area contributed by atoms with E-state index in [-0.39, 0.29) is 6.10 Å². The maximum absolute atomic E-state index is 5.78. The molecule has 3 heteroatoms. The van der Waals surface area contributed by atoms with E-state index in [1.807, 2.05) is 6.07 Å². The molecule has 0 atom stereocenters. The van der Waals surface area contributed by atoms with Crippen molar-refractivity contribution < 1.29 is 4.74 Å². The maximum atomic E-state index is 5.78. The van der Waals surface area contributed by atoms with E-state index in [1.165, 1.54) is 31.2 Å². The molecule has 1 aliphatic carbocycles. The van der Waals surface area contributed by atoms with Crippen LogP contribution in [0.25, 0.3) is 0 Å². The molecule has 0 heterocycles. The summed E-state index contributed by atoms with van der Waals surface area (Å²) in [6.45, 7) is 5.14. The molecule has 3 nitrogen and oxygen atoms in total. The van der Waals surface area contributed by atoms with Crippen LogP contribution in [-0.4, -0.2) is 37.2 Å². The van der Waals surface area contributed by atoms with Crippen molar-refractivity contribution in [1.82, 2.24) is 10.2 Å². The van der Waals surface area contributed by atoms with Gasteiger partial charge >= 0.3 is 0 Å². The van der Waals surface area contributed by atoms with E-state index in [0.29, 0.717) is 6.04 Å². The standard InChI is InChI=1S/C18H30N2O/c1-14(2)21-18-7-5-6-15(12-18)13-20(4)17-10-8-16(19-3)9-11-17/h5-7,12,14,16-17,19H,8-11,13H2,1-4H3. The molecular formula is C18H30N2O. The van der Waals surface area contributed by atoms with Gasteiger partial charge in [0.1, 0.15) is 5.75 Å². The van der Waals surface area contributed by atoms with Gasteiger partial charge in [0.2, 0.25) is 0 Å². The van der Waals surface area contributed by atoms with Crippen LogP contribution in [0.15, 0.2) is 24.3 Å².